The maximum Gasteiger partial charge on any atom is 0.244 e. The fraction of sp³-hybridized carbons (Fsp3) is 0.174. The van der Waals surface area contributed by atoms with Crippen LogP contribution in [-0.4, -0.2) is 34.1 Å². The van der Waals surface area contributed by atoms with E-state index in [2.05, 4.69) is 15.3 Å². The second kappa shape index (κ2) is 8.26. The number of benzene rings is 1. The van der Waals surface area contributed by atoms with Crippen molar-refractivity contribution in [2.45, 2.75) is 19.8 Å². The minimum atomic E-state index is -1.11. The number of hydrogen-bond acceptors (Lipinski definition) is 5. The third-order valence-electron chi connectivity index (χ3n) is 5.25. The first-order valence-corrected chi connectivity index (χ1v) is 9.80. The smallest absolute Gasteiger partial charge is 0.244 e. The summed E-state index contributed by atoms with van der Waals surface area (Å²) in [4.78, 5) is 45.8. The van der Waals surface area contributed by atoms with Gasteiger partial charge in [-0.15, -0.1) is 0 Å². The van der Waals surface area contributed by atoms with Gasteiger partial charge in [-0.05, 0) is 44.2 Å². The molecule has 0 spiro atoms. The van der Waals surface area contributed by atoms with E-state index in [0.29, 0.717) is 22.5 Å². The highest BCUT2D eigenvalue weighted by Gasteiger charge is 2.35. The Labute approximate surface area is 182 Å². The van der Waals surface area contributed by atoms with Crippen LogP contribution in [0.4, 0.5) is 20.2 Å². The lowest BCUT2D eigenvalue weighted by molar-refractivity contribution is -0.122. The Balaban J connectivity index is 1.70. The van der Waals surface area contributed by atoms with Crippen LogP contribution in [0.2, 0.25) is 0 Å². The largest absolute Gasteiger partial charge is 0.325 e. The van der Waals surface area contributed by atoms with E-state index in [1.807, 2.05) is 0 Å². The van der Waals surface area contributed by atoms with Gasteiger partial charge in [0, 0.05) is 29.1 Å². The number of pyridine rings is 2. The summed E-state index contributed by atoms with van der Waals surface area (Å²) >= 11 is 0. The number of nitrogens with one attached hydrogen (secondary N) is 1. The number of nitrogens with zero attached hydrogens (tertiary/aromatic N) is 3. The molecule has 1 N–H and O–H groups in total. The van der Waals surface area contributed by atoms with Crippen molar-refractivity contribution in [2.24, 2.45) is 0 Å². The molecule has 1 aliphatic rings. The molecule has 1 aromatic carbocycles. The summed E-state index contributed by atoms with van der Waals surface area (Å²) in [5.41, 5.74) is 1.33. The summed E-state index contributed by atoms with van der Waals surface area (Å²) in [5.74, 6) is -4.24. The molecule has 0 fully saturated rings. The number of fused-ring (bicyclic) bond motifs is 3. The average Bonchev–Trinajstić information content (AvgIpc) is 2.84. The molecule has 0 bridgehead atoms. The third-order valence-corrected chi connectivity index (χ3v) is 5.25. The fourth-order valence-electron chi connectivity index (χ4n) is 3.67. The lowest BCUT2D eigenvalue weighted by Gasteiger charge is -2.24. The molecule has 2 amide bonds. The Morgan fingerprint density at radius 3 is 2.56 bits per heavy atom. The molecule has 3 aromatic rings. The number of carbonyl (C=O) groups excluding carboxylic acids is 3. The molecule has 3 heterocycles. The Morgan fingerprint density at radius 2 is 1.88 bits per heavy atom. The van der Waals surface area contributed by atoms with Crippen molar-refractivity contribution in [3.8, 4) is 11.1 Å². The first-order valence-electron chi connectivity index (χ1n) is 9.80. The zero-order valence-electron chi connectivity index (χ0n) is 17.2. The molecule has 0 unspecified atom stereocenters. The summed E-state index contributed by atoms with van der Waals surface area (Å²) in [6.07, 6.45) is 1.48. The summed E-state index contributed by atoms with van der Waals surface area (Å²) in [5, 5.41) is 2.63. The fourth-order valence-corrected chi connectivity index (χ4v) is 3.67. The summed E-state index contributed by atoms with van der Waals surface area (Å²) in [6.45, 7) is 2.53. The van der Waals surface area contributed by atoms with Crippen molar-refractivity contribution >= 4 is 29.0 Å². The SMILES string of the molecule is CC(=O)c1ccc(NC(=O)CN2C(=O)[C@@H](C)c3ncccc3-c3c2cc(F)nc3F)cc1. The maximum atomic E-state index is 14.8. The highest BCUT2D eigenvalue weighted by Crippen LogP contribution is 2.41. The number of rotatable bonds is 4. The normalized spacial score (nSPS) is 14.9. The van der Waals surface area contributed by atoms with E-state index in [1.165, 1.54) is 13.1 Å². The predicted molar refractivity (Wildman–Crippen MR) is 113 cm³/mol. The van der Waals surface area contributed by atoms with E-state index in [9.17, 15) is 23.2 Å². The van der Waals surface area contributed by atoms with Gasteiger partial charge in [-0.3, -0.25) is 19.4 Å². The number of amides is 2. The van der Waals surface area contributed by atoms with Crippen molar-refractivity contribution < 1.29 is 23.2 Å². The third kappa shape index (κ3) is 3.84. The molecule has 0 saturated carbocycles. The van der Waals surface area contributed by atoms with E-state index in [0.717, 1.165) is 11.0 Å². The molecule has 2 aromatic heterocycles. The molecular weight excluding hydrogens is 418 g/mol. The monoisotopic (exact) mass is 436 g/mol. The molecular formula is C23H18F2N4O3. The second-order valence-corrected chi connectivity index (χ2v) is 7.39. The van der Waals surface area contributed by atoms with Crippen LogP contribution in [0.1, 0.15) is 35.8 Å². The van der Waals surface area contributed by atoms with Crippen molar-refractivity contribution in [1.82, 2.24) is 9.97 Å². The number of aromatic nitrogens is 2. The highest BCUT2D eigenvalue weighted by atomic mass is 19.1. The van der Waals surface area contributed by atoms with Crippen LogP contribution in [0.25, 0.3) is 11.1 Å². The number of ketones is 1. The zero-order chi connectivity index (χ0) is 23.0. The van der Waals surface area contributed by atoms with E-state index >= 15 is 0 Å². The van der Waals surface area contributed by atoms with E-state index in [4.69, 9.17) is 0 Å². The minimum absolute atomic E-state index is 0.0918. The average molecular weight is 436 g/mol. The van der Waals surface area contributed by atoms with Gasteiger partial charge >= 0.3 is 0 Å². The number of hydrogen-bond donors (Lipinski definition) is 1. The first kappa shape index (κ1) is 21.2. The quantitative estimate of drug-likeness (QED) is 0.497. The Hall–Kier alpha value is -4.01. The van der Waals surface area contributed by atoms with Gasteiger partial charge in [-0.1, -0.05) is 6.07 Å². The Kier molecular flexibility index (Phi) is 5.48. The van der Waals surface area contributed by atoms with Crippen molar-refractivity contribution in [1.29, 1.82) is 0 Å². The van der Waals surface area contributed by atoms with Crippen molar-refractivity contribution in [2.75, 3.05) is 16.8 Å². The molecule has 9 heteroatoms. The molecule has 0 aliphatic carbocycles. The van der Waals surface area contributed by atoms with Crippen LogP contribution in [0, 0.1) is 11.9 Å². The van der Waals surface area contributed by atoms with Crippen LogP contribution in [0.3, 0.4) is 0 Å². The van der Waals surface area contributed by atoms with E-state index in [1.54, 1.807) is 43.3 Å². The first-order chi connectivity index (χ1) is 15.3. The Bertz CT molecular complexity index is 1240. The van der Waals surface area contributed by atoms with Gasteiger partial charge in [0.2, 0.25) is 23.7 Å². The van der Waals surface area contributed by atoms with Gasteiger partial charge in [0.15, 0.2) is 5.78 Å². The lowest BCUT2D eigenvalue weighted by Crippen LogP contribution is -2.40. The Morgan fingerprint density at radius 1 is 1.16 bits per heavy atom. The molecule has 0 saturated heterocycles. The van der Waals surface area contributed by atoms with Gasteiger partial charge < -0.3 is 10.2 Å². The van der Waals surface area contributed by atoms with Crippen molar-refractivity contribution in [3.63, 3.8) is 0 Å². The highest BCUT2D eigenvalue weighted by molar-refractivity contribution is 6.09. The second-order valence-electron chi connectivity index (χ2n) is 7.39. The maximum absolute atomic E-state index is 14.8. The lowest BCUT2D eigenvalue weighted by atomic mass is 9.98. The van der Waals surface area contributed by atoms with Gasteiger partial charge in [-0.25, -0.2) is 0 Å². The zero-order valence-corrected chi connectivity index (χ0v) is 17.2. The van der Waals surface area contributed by atoms with Crippen LogP contribution >= 0.6 is 0 Å². The van der Waals surface area contributed by atoms with Crippen LogP contribution in [0.5, 0.6) is 0 Å². The van der Waals surface area contributed by atoms with E-state index in [-0.39, 0.29) is 17.0 Å². The standard InChI is InChI=1S/C23H18F2N4O3/c1-12-21-16(4-3-9-26-21)20-17(10-18(24)28-22(20)25)29(23(12)32)11-19(31)27-15-7-5-14(6-8-15)13(2)30/h3-10,12H,11H2,1-2H3,(H,27,31)/t12-/m0/s1. The molecule has 0 radical (unpaired) electrons. The number of anilines is 2. The van der Waals surface area contributed by atoms with Gasteiger partial charge in [-0.2, -0.15) is 13.8 Å². The van der Waals surface area contributed by atoms with Crippen LogP contribution in [-0.2, 0) is 9.59 Å². The molecule has 162 valence electrons. The van der Waals surface area contributed by atoms with E-state index < -0.39 is 36.2 Å². The molecule has 7 nitrogen and oxygen atoms in total. The molecule has 1 aliphatic heterocycles. The summed E-state index contributed by atoms with van der Waals surface area (Å²) in [7, 11) is 0. The number of carbonyl (C=O) groups is 3. The number of halogens is 2. The molecule has 1 atom stereocenters. The van der Waals surface area contributed by atoms with Gasteiger partial charge in [0.1, 0.15) is 6.54 Å². The van der Waals surface area contributed by atoms with Crippen LogP contribution in [0.15, 0.2) is 48.7 Å². The number of Topliss-reactive ketones (excluding diaryl/α,β-unsaturated/α-hetero) is 1. The predicted octanol–water partition coefficient (Wildman–Crippen LogP) is 3.71. The molecule has 32 heavy (non-hydrogen) atoms. The van der Waals surface area contributed by atoms with Gasteiger partial charge in [0.25, 0.3) is 0 Å². The van der Waals surface area contributed by atoms with Crippen LogP contribution < -0.4 is 10.2 Å². The summed E-state index contributed by atoms with van der Waals surface area (Å²) < 4.78 is 28.8. The van der Waals surface area contributed by atoms with Gasteiger partial charge in [0.05, 0.1) is 22.9 Å². The van der Waals surface area contributed by atoms with Crippen molar-refractivity contribution in [3.05, 3.63) is 71.8 Å². The summed E-state index contributed by atoms with van der Waals surface area (Å²) in [6, 6.07) is 10.3. The molecule has 4 rings (SSSR count). The topological polar surface area (TPSA) is 92.3 Å². The minimum Gasteiger partial charge on any atom is -0.325 e.